The molecule has 0 fully saturated rings. The first-order chi connectivity index (χ1) is 6.40. The molecular formula is C9H13NO3S. The fourth-order valence-corrected chi connectivity index (χ4v) is 1.85. The highest BCUT2D eigenvalue weighted by Crippen LogP contribution is 2.19. The number of aromatic nitrogens is 1. The van der Waals surface area contributed by atoms with Crippen LogP contribution in [0.3, 0.4) is 0 Å². The first kappa shape index (κ1) is 11.1. The van der Waals surface area contributed by atoms with Crippen molar-refractivity contribution in [3.8, 4) is 0 Å². The van der Waals surface area contributed by atoms with E-state index in [0.29, 0.717) is 5.69 Å². The van der Waals surface area contributed by atoms with E-state index in [9.17, 15) is 8.42 Å². The monoisotopic (exact) mass is 215 g/mol. The lowest BCUT2D eigenvalue weighted by Gasteiger charge is -2.12. The normalized spacial score (nSPS) is 13.9. The molecule has 0 aliphatic heterocycles. The third-order valence-corrected chi connectivity index (χ3v) is 2.39. The molecule has 0 spiro atoms. The molecule has 5 heteroatoms. The molecule has 0 amide bonds. The van der Waals surface area contributed by atoms with Crippen LogP contribution in [-0.2, 0) is 14.3 Å². The van der Waals surface area contributed by atoms with E-state index in [4.69, 9.17) is 4.18 Å². The molecule has 1 rings (SSSR count). The molecule has 0 bridgehead atoms. The van der Waals surface area contributed by atoms with Crippen LogP contribution in [0.25, 0.3) is 0 Å². The predicted molar refractivity (Wildman–Crippen MR) is 53.3 cm³/mol. The summed E-state index contributed by atoms with van der Waals surface area (Å²) in [4.78, 5) is 4.07. The number of pyridine rings is 1. The molecule has 1 aromatic heterocycles. The lowest BCUT2D eigenvalue weighted by molar-refractivity contribution is 0.231. The number of rotatable bonds is 3. The van der Waals surface area contributed by atoms with E-state index in [1.54, 1.807) is 19.2 Å². The molecule has 0 aromatic carbocycles. The highest BCUT2D eigenvalue weighted by atomic mass is 32.2. The van der Waals surface area contributed by atoms with Gasteiger partial charge in [-0.2, -0.15) is 8.42 Å². The van der Waals surface area contributed by atoms with Crippen LogP contribution in [0.5, 0.6) is 0 Å². The zero-order valence-corrected chi connectivity index (χ0v) is 9.21. The van der Waals surface area contributed by atoms with Crippen LogP contribution in [0, 0.1) is 6.92 Å². The fourth-order valence-electron chi connectivity index (χ4n) is 1.23. The minimum atomic E-state index is -3.43. The molecule has 0 saturated heterocycles. The molecule has 0 radical (unpaired) electrons. The summed E-state index contributed by atoms with van der Waals surface area (Å²) in [6.45, 7) is 3.53. The number of hydrogen-bond donors (Lipinski definition) is 0. The summed E-state index contributed by atoms with van der Waals surface area (Å²) >= 11 is 0. The average molecular weight is 215 g/mol. The Morgan fingerprint density at radius 3 is 2.64 bits per heavy atom. The van der Waals surface area contributed by atoms with Crippen molar-refractivity contribution < 1.29 is 12.6 Å². The molecule has 1 atom stereocenters. The van der Waals surface area contributed by atoms with Crippen LogP contribution in [0.4, 0.5) is 0 Å². The zero-order chi connectivity index (χ0) is 10.8. The maximum absolute atomic E-state index is 10.9. The Morgan fingerprint density at radius 2 is 2.14 bits per heavy atom. The standard InChI is InChI=1S/C9H13NO3S/c1-7-5-4-6-10-9(7)8(2)13-14(3,11)12/h4-6,8H,1-3H3. The second-order valence-corrected chi connectivity index (χ2v) is 4.75. The van der Waals surface area contributed by atoms with Gasteiger partial charge in [0, 0.05) is 6.20 Å². The molecule has 0 aliphatic carbocycles. The summed E-state index contributed by atoms with van der Waals surface area (Å²) in [6, 6.07) is 3.66. The van der Waals surface area contributed by atoms with Gasteiger partial charge in [-0.1, -0.05) is 6.07 Å². The first-order valence-electron chi connectivity index (χ1n) is 4.20. The van der Waals surface area contributed by atoms with Crippen LogP contribution < -0.4 is 0 Å². The van der Waals surface area contributed by atoms with Crippen LogP contribution in [0.1, 0.15) is 24.3 Å². The van der Waals surface area contributed by atoms with Gasteiger partial charge < -0.3 is 0 Å². The molecule has 1 heterocycles. The van der Waals surface area contributed by atoms with E-state index in [0.717, 1.165) is 11.8 Å². The van der Waals surface area contributed by atoms with E-state index < -0.39 is 16.2 Å². The van der Waals surface area contributed by atoms with Crippen molar-refractivity contribution in [1.29, 1.82) is 0 Å². The third kappa shape index (κ3) is 3.08. The van der Waals surface area contributed by atoms with Gasteiger partial charge in [0.2, 0.25) is 0 Å². The Hall–Kier alpha value is -0.940. The van der Waals surface area contributed by atoms with Gasteiger partial charge in [-0.15, -0.1) is 0 Å². The van der Waals surface area contributed by atoms with Gasteiger partial charge in [-0.25, -0.2) is 0 Å². The average Bonchev–Trinajstić information content (AvgIpc) is 2.01. The highest BCUT2D eigenvalue weighted by molar-refractivity contribution is 7.86. The largest absolute Gasteiger partial charge is 0.265 e. The molecule has 0 aliphatic rings. The van der Waals surface area contributed by atoms with Gasteiger partial charge in [-0.3, -0.25) is 9.17 Å². The SMILES string of the molecule is Cc1cccnc1C(C)OS(C)(=O)=O. The molecule has 78 valence electrons. The molecular weight excluding hydrogens is 202 g/mol. The number of aryl methyl sites for hydroxylation is 1. The minimum absolute atomic E-state index is 0.536. The summed E-state index contributed by atoms with van der Waals surface area (Å²) in [5.41, 5.74) is 1.57. The first-order valence-corrected chi connectivity index (χ1v) is 6.01. The van der Waals surface area contributed by atoms with E-state index in [2.05, 4.69) is 4.98 Å². The molecule has 1 aromatic rings. The van der Waals surface area contributed by atoms with E-state index in [1.807, 2.05) is 13.0 Å². The Bertz CT molecular complexity index is 414. The van der Waals surface area contributed by atoms with Gasteiger partial charge in [0.15, 0.2) is 0 Å². The molecule has 0 N–H and O–H groups in total. The van der Waals surface area contributed by atoms with Crippen LogP contribution in [0.15, 0.2) is 18.3 Å². The predicted octanol–water partition coefficient (Wildman–Crippen LogP) is 1.43. The second kappa shape index (κ2) is 4.06. The number of nitrogens with zero attached hydrogens (tertiary/aromatic N) is 1. The van der Waals surface area contributed by atoms with Crippen molar-refractivity contribution in [3.05, 3.63) is 29.6 Å². The van der Waals surface area contributed by atoms with Crippen LogP contribution in [0.2, 0.25) is 0 Å². The lowest BCUT2D eigenvalue weighted by Crippen LogP contribution is -2.09. The number of hydrogen-bond acceptors (Lipinski definition) is 4. The van der Waals surface area contributed by atoms with Gasteiger partial charge in [0.1, 0.15) is 6.10 Å². The quantitative estimate of drug-likeness (QED) is 0.716. The molecule has 4 nitrogen and oxygen atoms in total. The highest BCUT2D eigenvalue weighted by Gasteiger charge is 2.15. The van der Waals surface area contributed by atoms with E-state index in [1.165, 1.54) is 0 Å². The topological polar surface area (TPSA) is 56.3 Å². The third-order valence-electron chi connectivity index (χ3n) is 1.75. The van der Waals surface area contributed by atoms with Crippen molar-refractivity contribution in [2.45, 2.75) is 20.0 Å². The van der Waals surface area contributed by atoms with E-state index in [-0.39, 0.29) is 0 Å². The fraction of sp³-hybridized carbons (Fsp3) is 0.444. The summed E-state index contributed by atoms with van der Waals surface area (Å²) in [5, 5.41) is 0. The Balaban J connectivity index is 2.90. The Kier molecular flexibility index (Phi) is 3.23. The maximum atomic E-state index is 10.9. The molecule has 14 heavy (non-hydrogen) atoms. The Morgan fingerprint density at radius 1 is 1.50 bits per heavy atom. The molecule has 0 saturated carbocycles. The van der Waals surface area contributed by atoms with Gasteiger partial charge in [0.25, 0.3) is 10.1 Å². The zero-order valence-electron chi connectivity index (χ0n) is 8.39. The van der Waals surface area contributed by atoms with Crippen LogP contribution in [-0.4, -0.2) is 19.7 Å². The second-order valence-electron chi connectivity index (χ2n) is 3.15. The Labute approximate surface area is 84.1 Å². The van der Waals surface area contributed by atoms with Crippen molar-refractivity contribution in [3.63, 3.8) is 0 Å². The summed E-state index contributed by atoms with van der Waals surface area (Å²) in [6.07, 6.45) is 2.11. The maximum Gasteiger partial charge on any atom is 0.265 e. The lowest BCUT2D eigenvalue weighted by atomic mass is 10.1. The van der Waals surface area contributed by atoms with Gasteiger partial charge >= 0.3 is 0 Å². The molecule has 1 unspecified atom stereocenters. The van der Waals surface area contributed by atoms with Crippen LogP contribution >= 0.6 is 0 Å². The van der Waals surface area contributed by atoms with Gasteiger partial charge in [-0.05, 0) is 25.5 Å². The summed E-state index contributed by atoms with van der Waals surface area (Å²) < 4.78 is 26.6. The van der Waals surface area contributed by atoms with Gasteiger partial charge in [0.05, 0.1) is 11.9 Å². The smallest absolute Gasteiger partial charge is 0.261 e. The van der Waals surface area contributed by atoms with Crippen molar-refractivity contribution in [2.24, 2.45) is 0 Å². The minimum Gasteiger partial charge on any atom is -0.261 e. The van der Waals surface area contributed by atoms with Crippen molar-refractivity contribution in [1.82, 2.24) is 4.98 Å². The van der Waals surface area contributed by atoms with Crippen molar-refractivity contribution in [2.75, 3.05) is 6.26 Å². The van der Waals surface area contributed by atoms with Crippen molar-refractivity contribution >= 4 is 10.1 Å². The summed E-state index contributed by atoms with van der Waals surface area (Å²) in [7, 11) is -3.43. The van der Waals surface area contributed by atoms with E-state index >= 15 is 0 Å². The summed E-state index contributed by atoms with van der Waals surface area (Å²) in [5.74, 6) is 0.